The normalized spacial score (nSPS) is 17.5. The third-order valence-corrected chi connectivity index (χ3v) is 5.70. The van der Waals surface area contributed by atoms with Crippen LogP contribution in [0.2, 0.25) is 0 Å². The zero-order valence-electron chi connectivity index (χ0n) is 15.5. The fourth-order valence-corrected chi connectivity index (χ4v) is 4.32. The summed E-state index contributed by atoms with van der Waals surface area (Å²) in [5, 5.41) is 7.41. The number of aryl methyl sites for hydroxylation is 2. The number of nitrogens with one attached hydrogen (secondary N) is 1. The largest absolute Gasteiger partial charge is 0.497 e. The maximum Gasteiger partial charge on any atom is 0.244 e. The summed E-state index contributed by atoms with van der Waals surface area (Å²) < 4.78 is 11.4. The first-order valence-electron chi connectivity index (χ1n) is 9.35. The molecule has 1 unspecified atom stereocenters. The Bertz CT molecular complexity index is 1020. The van der Waals surface area contributed by atoms with Crippen molar-refractivity contribution in [2.24, 2.45) is 0 Å². The number of H-pyrrole nitrogens is 1. The molecular weight excluding hydrogens is 340 g/mol. The van der Waals surface area contributed by atoms with Gasteiger partial charge in [0.1, 0.15) is 5.75 Å². The average Bonchev–Trinajstić information content (AvgIpc) is 3.07. The van der Waals surface area contributed by atoms with Crippen molar-refractivity contribution in [1.82, 2.24) is 15.2 Å². The van der Waals surface area contributed by atoms with Gasteiger partial charge in [0.25, 0.3) is 0 Å². The summed E-state index contributed by atoms with van der Waals surface area (Å²) in [5.74, 6) is 1.94. The molecule has 5 rings (SSSR count). The summed E-state index contributed by atoms with van der Waals surface area (Å²) in [5.41, 5.74) is 13.9. The number of aromatic amines is 1. The molecule has 1 atom stereocenters. The number of hydrogen-bond acceptors (Lipinski definition) is 5. The lowest BCUT2D eigenvalue weighted by Gasteiger charge is -2.30. The van der Waals surface area contributed by atoms with Crippen LogP contribution in [-0.4, -0.2) is 22.3 Å². The predicted octanol–water partition coefficient (Wildman–Crippen LogP) is 3.87. The molecule has 0 saturated heterocycles. The molecule has 0 radical (unpaired) electrons. The lowest BCUT2D eigenvalue weighted by molar-refractivity contribution is 0.412. The second-order valence-electron chi connectivity index (χ2n) is 7.25. The second-order valence-corrected chi connectivity index (χ2v) is 7.25. The Hall–Kier alpha value is -3.02. The van der Waals surface area contributed by atoms with Gasteiger partial charge >= 0.3 is 0 Å². The van der Waals surface area contributed by atoms with E-state index in [0.717, 1.165) is 65.2 Å². The number of benzene rings is 1. The molecule has 6 nitrogen and oxygen atoms in total. The van der Waals surface area contributed by atoms with Gasteiger partial charge in [-0.2, -0.15) is 0 Å². The van der Waals surface area contributed by atoms with E-state index >= 15 is 0 Å². The number of fused-ring (bicyclic) bond motifs is 3. The highest BCUT2D eigenvalue weighted by Crippen LogP contribution is 2.50. The number of aromatic nitrogens is 3. The van der Waals surface area contributed by atoms with Crippen molar-refractivity contribution in [1.29, 1.82) is 0 Å². The molecular formula is C21H22N4O2. The lowest BCUT2D eigenvalue weighted by Crippen LogP contribution is -2.19. The van der Waals surface area contributed by atoms with E-state index in [9.17, 15) is 0 Å². The highest BCUT2D eigenvalue weighted by atomic mass is 16.5. The van der Waals surface area contributed by atoms with Gasteiger partial charge in [-0.15, -0.1) is 5.10 Å². The minimum atomic E-state index is -0.0619. The first-order chi connectivity index (χ1) is 13.2. The predicted molar refractivity (Wildman–Crippen MR) is 103 cm³/mol. The molecule has 1 aromatic carbocycles. The second kappa shape index (κ2) is 6.01. The van der Waals surface area contributed by atoms with Crippen LogP contribution in [0.1, 0.15) is 52.4 Å². The van der Waals surface area contributed by atoms with Crippen LogP contribution in [-0.2, 0) is 12.8 Å². The topological polar surface area (TPSA) is 86.0 Å². The van der Waals surface area contributed by atoms with Crippen LogP contribution in [0, 0.1) is 6.92 Å². The van der Waals surface area contributed by atoms with E-state index in [0.29, 0.717) is 11.8 Å². The molecule has 0 saturated carbocycles. The lowest BCUT2D eigenvalue weighted by atomic mass is 9.81. The smallest absolute Gasteiger partial charge is 0.244 e. The van der Waals surface area contributed by atoms with E-state index in [1.165, 1.54) is 5.56 Å². The summed E-state index contributed by atoms with van der Waals surface area (Å²) in [7, 11) is 1.67. The molecule has 6 heteroatoms. The number of methoxy groups -OCH3 is 1. The summed E-state index contributed by atoms with van der Waals surface area (Å²) in [6.45, 7) is 2.01. The zero-order chi connectivity index (χ0) is 18.5. The number of ether oxygens (including phenoxy) is 2. The first-order valence-corrected chi connectivity index (χ1v) is 9.35. The fourth-order valence-electron chi connectivity index (χ4n) is 4.32. The highest BCUT2D eigenvalue weighted by molar-refractivity contribution is 5.69. The number of pyridine rings is 1. The van der Waals surface area contributed by atoms with Gasteiger partial charge in [-0.1, -0.05) is 12.1 Å². The van der Waals surface area contributed by atoms with Gasteiger partial charge in [0.05, 0.1) is 12.7 Å². The molecule has 3 aromatic rings. The molecule has 2 aromatic heterocycles. The molecule has 3 heterocycles. The van der Waals surface area contributed by atoms with Gasteiger partial charge in [-0.3, -0.25) is 5.10 Å². The number of rotatable bonds is 2. The monoisotopic (exact) mass is 362 g/mol. The van der Waals surface area contributed by atoms with Crippen molar-refractivity contribution in [3.8, 4) is 17.5 Å². The first kappa shape index (κ1) is 16.2. The third-order valence-electron chi connectivity index (χ3n) is 5.70. The number of anilines is 1. The van der Waals surface area contributed by atoms with Gasteiger partial charge in [-0.25, -0.2) is 4.98 Å². The minimum absolute atomic E-state index is 0.0619. The molecule has 138 valence electrons. The Labute approximate surface area is 157 Å². The molecule has 0 spiro atoms. The van der Waals surface area contributed by atoms with Crippen LogP contribution in [0.25, 0.3) is 0 Å². The molecule has 1 aliphatic carbocycles. The van der Waals surface area contributed by atoms with Gasteiger partial charge in [-0.05, 0) is 55.9 Å². The number of hydrogen-bond donors (Lipinski definition) is 2. The van der Waals surface area contributed by atoms with Gasteiger partial charge in [0.15, 0.2) is 0 Å². The molecule has 2 aliphatic rings. The third kappa shape index (κ3) is 2.40. The highest BCUT2D eigenvalue weighted by Gasteiger charge is 2.37. The van der Waals surface area contributed by atoms with Gasteiger partial charge in [0, 0.05) is 28.6 Å². The van der Waals surface area contributed by atoms with Crippen LogP contribution >= 0.6 is 0 Å². The number of nitrogen functional groups attached to an aromatic ring is 1. The summed E-state index contributed by atoms with van der Waals surface area (Å²) >= 11 is 0. The van der Waals surface area contributed by atoms with Crippen LogP contribution in [0.4, 0.5) is 5.69 Å². The molecule has 3 N–H and O–H groups in total. The summed E-state index contributed by atoms with van der Waals surface area (Å²) in [4.78, 5) is 4.85. The van der Waals surface area contributed by atoms with E-state index in [1.54, 1.807) is 7.11 Å². The van der Waals surface area contributed by atoms with Crippen molar-refractivity contribution < 1.29 is 9.47 Å². The molecule has 0 amide bonds. The van der Waals surface area contributed by atoms with E-state index in [-0.39, 0.29) is 5.92 Å². The Kier molecular flexibility index (Phi) is 3.60. The van der Waals surface area contributed by atoms with Gasteiger partial charge in [0.2, 0.25) is 11.8 Å². The Morgan fingerprint density at radius 3 is 2.67 bits per heavy atom. The Balaban J connectivity index is 1.75. The molecule has 0 bridgehead atoms. The van der Waals surface area contributed by atoms with Crippen molar-refractivity contribution >= 4 is 5.69 Å². The molecule has 27 heavy (non-hydrogen) atoms. The standard InChI is InChI=1S/C21H22N4O2/c1-11-16-17(12-7-9-13(26-2)10-8-12)18-19(22)14-5-3-4-6-15(14)23-20(18)27-21(16)25-24-11/h7-10,17H,3-6H2,1-2H3,(H2,22,23)(H,24,25). The van der Waals surface area contributed by atoms with E-state index < -0.39 is 0 Å². The van der Waals surface area contributed by atoms with E-state index in [4.69, 9.17) is 20.2 Å². The van der Waals surface area contributed by atoms with E-state index in [2.05, 4.69) is 22.3 Å². The van der Waals surface area contributed by atoms with Crippen molar-refractivity contribution in [2.75, 3.05) is 12.8 Å². The maximum absolute atomic E-state index is 6.71. The van der Waals surface area contributed by atoms with Crippen molar-refractivity contribution in [2.45, 2.75) is 38.5 Å². The Morgan fingerprint density at radius 2 is 1.89 bits per heavy atom. The SMILES string of the molecule is COc1ccc(C2c3c(n[nH]c3C)Oc3nc4c(c(N)c32)CCCC4)cc1. The molecule has 1 aliphatic heterocycles. The molecule has 0 fully saturated rings. The van der Waals surface area contributed by atoms with Crippen LogP contribution in [0.5, 0.6) is 17.5 Å². The zero-order valence-corrected chi connectivity index (χ0v) is 15.5. The maximum atomic E-state index is 6.71. The van der Waals surface area contributed by atoms with Crippen LogP contribution < -0.4 is 15.2 Å². The number of nitrogens with zero attached hydrogens (tertiary/aromatic N) is 2. The summed E-state index contributed by atoms with van der Waals surface area (Å²) in [6.07, 6.45) is 4.23. The average molecular weight is 362 g/mol. The summed E-state index contributed by atoms with van der Waals surface area (Å²) in [6, 6.07) is 8.10. The number of nitrogens with two attached hydrogens (primary N) is 1. The van der Waals surface area contributed by atoms with Crippen LogP contribution in [0.3, 0.4) is 0 Å². The van der Waals surface area contributed by atoms with Crippen molar-refractivity contribution in [3.05, 3.63) is 57.9 Å². The van der Waals surface area contributed by atoms with Crippen molar-refractivity contribution in [3.63, 3.8) is 0 Å². The van der Waals surface area contributed by atoms with Gasteiger partial charge < -0.3 is 15.2 Å². The van der Waals surface area contributed by atoms with Crippen LogP contribution in [0.15, 0.2) is 24.3 Å². The quantitative estimate of drug-likeness (QED) is 0.565. The minimum Gasteiger partial charge on any atom is -0.497 e. The Morgan fingerprint density at radius 1 is 1.11 bits per heavy atom. The van der Waals surface area contributed by atoms with E-state index in [1.807, 2.05) is 19.1 Å². The fraction of sp³-hybridized carbons (Fsp3) is 0.333.